The molecular weight excluding hydrogens is 314 g/mol. The normalized spacial score (nSPS) is 31.1. The third kappa shape index (κ3) is 5.25. The van der Waals surface area contributed by atoms with Crippen LogP contribution in [0.15, 0.2) is 30.3 Å². The molecule has 2 fully saturated rings. The van der Waals surface area contributed by atoms with Gasteiger partial charge in [-0.15, -0.1) is 0 Å². The fourth-order valence-electron chi connectivity index (χ4n) is 4.23. The van der Waals surface area contributed by atoms with E-state index in [0.717, 1.165) is 45.8 Å². The van der Waals surface area contributed by atoms with Gasteiger partial charge in [0.2, 0.25) is 0 Å². The Morgan fingerprint density at radius 3 is 2.40 bits per heavy atom. The molecule has 1 aromatic carbocycles. The quantitative estimate of drug-likeness (QED) is 0.873. The van der Waals surface area contributed by atoms with Crippen LogP contribution in [0.4, 0.5) is 0 Å². The predicted octanol–water partition coefficient (Wildman–Crippen LogP) is 1.45. The third-order valence-corrected chi connectivity index (χ3v) is 5.29. The second-order valence-corrected chi connectivity index (χ2v) is 7.81. The number of benzene rings is 1. The first kappa shape index (κ1) is 18.8. The molecule has 0 amide bonds. The number of aliphatic hydroxyl groups excluding tert-OH is 1. The first-order chi connectivity index (χ1) is 12.0. The van der Waals surface area contributed by atoms with Gasteiger partial charge in [0.15, 0.2) is 0 Å². The molecule has 140 valence electrons. The van der Waals surface area contributed by atoms with Crippen molar-refractivity contribution >= 4 is 0 Å². The summed E-state index contributed by atoms with van der Waals surface area (Å²) in [4.78, 5) is 7.18. The Bertz CT molecular complexity index is 517. The highest BCUT2D eigenvalue weighted by Crippen LogP contribution is 2.25. The van der Waals surface area contributed by atoms with Gasteiger partial charge in [-0.25, -0.2) is 0 Å². The molecule has 0 saturated carbocycles. The summed E-state index contributed by atoms with van der Waals surface area (Å²) in [6, 6.07) is 11.0. The lowest BCUT2D eigenvalue weighted by atomic mass is 10.0. The van der Waals surface area contributed by atoms with Crippen LogP contribution in [-0.4, -0.2) is 91.0 Å². The zero-order valence-corrected chi connectivity index (χ0v) is 15.8. The molecule has 1 N–H and O–H groups in total. The Morgan fingerprint density at radius 2 is 1.72 bits per heavy atom. The number of ether oxygens (including phenoxy) is 1. The fraction of sp³-hybridized carbons (Fsp3) is 0.700. The Labute approximate surface area is 152 Å². The molecular formula is C20H33N3O2. The lowest BCUT2D eigenvalue weighted by Crippen LogP contribution is -2.52. The Hall–Kier alpha value is -0.980. The zero-order valence-electron chi connectivity index (χ0n) is 15.8. The van der Waals surface area contributed by atoms with E-state index in [4.69, 9.17) is 4.74 Å². The minimum absolute atomic E-state index is 0.247. The summed E-state index contributed by atoms with van der Waals surface area (Å²) in [6.07, 6.45) is 0.167. The molecule has 0 aliphatic carbocycles. The summed E-state index contributed by atoms with van der Waals surface area (Å²) in [5.74, 6) is 0. The molecule has 0 spiro atoms. The number of morpholine rings is 1. The molecule has 5 nitrogen and oxygen atoms in total. The number of aliphatic hydroxyl groups is 1. The summed E-state index contributed by atoms with van der Waals surface area (Å²) >= 11 is 0. The largest absolute Gasteiger partial charge is 0.390 e. The molecule has 4 atom stereocenters. The van der Waals surface area contributed by atoms with Gasteiger partial charge in [-0.05, 0) is 26.5 Å². The van der Waals surface area contributed by atoms with E-state index >= 15 is 0 Å². The van der Waals surface area contributed by atoms with Crippen LogP contribution in [0, 0.1) is 0 Å². The predicted molar refractivity (Wildman–Crippen MR) is 101 cm³/mol. The van der Waals surface area contributed by atoms with Crippen molar-refractivity contribution in [3.8, 4) is 0 Å². The van der Waals surface area contributed by atoms with E-state index in [2.05, 4.69) is 65.9 Å². The zero-order chi connectivity index (χ0) is 17.8. The summed E-state index contributed by atoms with van der Waals surface area (Å²) in [7, 11) is 2.18. The van der Waals surface area contributed by atoms with Crippen LogP contribution in [0.3, 0.4) is 0 Å². The van der Waals surface area contributed by atoms with Crippen molar-refractivity contribution in [2.75, 3.05) is 52.9 Å². The van der Waals surface area contributed by atoms with Crippen molar-refractivity contribution in [3.05, 3.63) is 35.9 Å². The van der Waals surface area contributed by atoms with Gasteiger partial charge < -0.3 is 14.7 Å². The maximum absolute atomic E-state index is 10.7. The summed E-state index contributed by atoms with van der Waals surface area (Å²) in [5.41, 5.74) is 1.34. The molecule has 5 heteroatoms. The number of β-amino-alcohol motifs (C(OH)–C–C–N with tert-alkyl or cyclic N) is 1. The molecule has 1 aromatic rings. The Kier molecular flexibility index (Phi) is 6.47. The van der Waals surface area contributed by atoms with Crippen LogP contribution in [0.25, 0.3) is 0 Å². The molecule has 0 radical (unpaired) electrons. The van der Waals surface area contributed by atoms with Crippen LogP contribution in [0.5, 0.6) is 0 Å². The molecule has 3 rings (SSSR count). The van der Waals surface area contributed by atoms with Crippen molar-refractivity contribution in [3.63, 3.8) is 0 Å². The number of hydrogen-bond acceptors (Lipinski definition) is 5. The standard InChI is InChI=1S/C20H33N3O2/c1-16-11-22(12-17(2)25-16)13-19(24)14-23-10-9-21(3)15-20(23)18-7-5-4-6-8-18/h4-8,16-17,19-20,24H,9-15H2,1-3H3/t16-,17-,19+,20-/m1/s1. The lowest BCUT2D eigenvalue weighted by Gasteiger charge is -2.42. The van der Waals surface area contributed by atoms with Crippen molar-refractivity contribution in [1.82, 2.24) is 14.7 Å². The van der Waals surface area contributed by atoms with E-state index in [-0.39, 0.29) is 18.3 Å². The number of rotatable bonds is 5. The number of nitrogens with zero attached hydrogens (tertiary/aromatic N) is 3. The maximum Gasteiger partial charge on any atom is 0.0794 e. The average Bonchev–Trinajstić information content (AvgIpc) is 2.56. The minimum atomic E-state index is -0.327. The van der Waals surface area contributed by atoms with Gasteiger partial charge in [-0.3, -0.25) is 9.80 Å². The highest BCUT2D eigenvalue weighted by Gasteiger charge is 2.29. The SMILES string of the molecule is C[C@@H]1CN(C[C@H](O)CN2CCN(C)C[C@@H]2c2ccccc2)C[C@@H](C)O1. The van der Waals surface area contributed by atoms with Crippen LogP contribution in [-0.2, 0) is 4.74 Å². The fourth-order valence-corrected chi connectivity index (χ4v) is 4.23. The molecule has 2 saturated heterocycles. The van der Waals surface area contributed by atoms with Crippen molar-refractivity contribution in [2.24, 2.45) is 0 Å². The van der Waals surface area contributed by atoms with E-state index in [1.165, 1.54) is 5.56 Å². The average molecular weight is 348 g/mol. The van der Waals surface area contributed by atoms with Gasteiger partial charge >= 0.3 is 0 Å². The van der Waals surface area contributed by atoms with Gasteiger partial charge in [0.1, 0.15) is 0 Å². The van der Waals surface area contributed by atoms with E-state index in [1.807, 2.05) is 0 Å². The van der Waals surface area contributed by atoms with E-state index in [0.29, 0.717) is 6.04 Å². The van der Waals surface area contributed by atoms with E-state index in [9.17, 15) is 5.11 Å². The third-order valence-electron chi connectivity index (χ3n) is 5.29. The highest BCUT2D eigenvalue weighted by atomic mass is 16.5. The summed E-state index contributed by atoms with van der Waals surface area (Å²) in [5, 5.41) is 10.7. The van der Waals surface area contributed by atoms with Gasteiger partial charge in [0.25, 0.3) is 0 Å². The number of hydrogen-bond donors (Lipinski definition) is 1. The first-order valence-corrected chi connectivity index (χ1v) is 9.54. The van der Waals surface area contributed by atoms with Crippen molar-refractivity contribution in [2.45, 2.75) is 38.2 Å². The van der Waals surface area contributed by atoms with Gasteiger partial charge in [-0.1, -0.05) is 30.3 Å². The molecule has 25 heavy (non-hydrogen) atoms. The van der Waals surface area contributed by atoms with Crippen LogP contribution < -0.4 is 0 Å². The molecule has 2 aliphatic heterocycles. The molecule has 0 aromatic heterocycles. The van der Waals surface area contributed by atoms with E-state index in [1.54, 1.807) is 0 Å². The topological polar surface area (TPSA) is 39.2 Å². The Morgan fingerprint density at radius 1 is 1.04 bits per heavy atom. The molecule has 0 unspecified atom stereocenters. The van der Waals surface area contributed by atoms with Crippen LogP contribution in [0.1, 0.15) is 25.5 Å². The van der Waals surface area contributed by atoms with Crippen molar-refractivity contribution < 1.29 is 9.84 Å². The monoisotopic (exact) mass is 347 g/mol. The molecule has 2 aliphatic rings. The van der Waals surface area contributed by atoms with E-state index < -0.39 is 0 Å². The van der Waals surface area contributed by atoms with Crippen LogP contribution >= 0.6 is 0 Å². The van der Waals surface area contributed by atoms with Crippen molar-refractivity contribution in [1.29, 1.82) is 0 Å². The van der Waals surface area contributed by atoms with Gasteiger partial charge in [-0.2, -0.15) is 0 Å². The molecule has 0 bridgehead atoms. The summed E-state index contributed by atoms with van der Waals surface area (Å²) in [6.45, 7) is 10.6. The number of likely N-dealkylation sites (N-methyl/N-ethyl adjacent to an activating group) is 1. The smallest absolute Gasteiger partial charge is 0.0794 e. The second-order valence-electron chi connectivity index (χ2n) is 7.81. The minimum Gasteiger partial charge on any atom is -0.390 e. The number of piperazine rings is 1. The highest BCUT2D eigenvalue weighted by molar-refractivity contribution is 5.20. The lowest BCUT2D eigenvalue weighted by molar-refractivity contribution is -0.0795. The first-order valence-electron chi connectivity index (χ1n) is 9.54. The maximum atomic E-state index is 10.7. The Balaban J connectivity index is 1.59. The van der Waals surface area contributed by atoms with Crippen LogP contribution in [0.2, 0.25) is 0 Å². The summed E-state index contributed by atoms with van der Waals surface area (Å²) < 4.78 is 5.80. The van der Waals surface area contributed by atoms with Gasteiger partial charge in [0, 0.05) is 51.9 Å². The molecule has 2 heterocycles. The second kappa shape index (κ2) is 8.60. The van der Waals surface area contributed by atoms with Gasteiger partial charge in [0.05, 0.1) is 18.3 Å².